The molecule has 0 radical (unpaired) electrons. The van der Waals surface area contributed by atoms with Crippen LogP contribution in [0.4, 0.5) is 0 Å². The van der Waals surface area contributed by atoms with Crippen molar-refractivity contribution in [3.05, 3.63) is 60.7 Å². The molecule has 0 amide bonds. The zero-order chi connectivity index (χ0) is 13.9. The van der Waals surface area contributed by atoms with Crippen molar-refractivity contribution in [1.82, 2.24) is 0 Å². The Morgan fingerprint density at radius 2 is 1.26 bits per heavy atom. The van der Waals surface area contributed by atoms with Gasteiger partial charge in [-0.3, -0.25) is 4.79 Å². The molecule has 0 aliphatic carbocycles. The van der Waals surface area contributed by atoms with E-state index >= 15 is 0 Å². The Kier molecular flexibility index (Phi) is 4.01. The first-order chi connectivity index (χ1) is 9.06. The highest BCUT2D eigenvalue weighted by molar-refractivity contribution is 7.80. The van der Waals surface area contributed by atoms with E-state index in [0.29, 0.717) is 0 Å². The summed E-state index contributed by atoms with van der Waals surface area (Å²) < 4.78 is 13.5. The summed E-state index contributed by atoms with van der Waals surface area (Å²) >= 11 is 0. The Morgan fingerprint density at radius 1 is 0.895 bits per heavy atom. The van der Waals surface area contributed by atoms with Crippen molar-refractivity contribution in [2.45, 2.75) is 19.5 Å². The van der Waals surface area contributed by atoms with Crippen molar-refractivity contribution < 1.29 is 9.36 Å². The number of carbonyl (C=O) groups is 1. The van der Waals surface area contributed by atoms with E-state index in [9.17, 15) is 9.36 Å². The lowest BCUT2D eigenvalue weighted by Gasteiger charge is -2.24. The molecule has 0 aromatic heterocycles. The first-order valence-corrected chi connectivity index (χ1v) is 8.06. The van der Waals surface area contributed by atoms with Crippen LogP contribution < -0.4 is 10.6 Å². The van der Waals surface area contributed by atoms with Gasteiger partial charge in [0.15, 0.2) is 7.14 Å². The average Bonchev–Trinajstić information content (AvgIpc) is 2.47. The van der Waals surface area contributed by atoms with Crippen LogP contribution in [0.1, 0.15) is 13.8 Å². The van der Waals surface area contributed by atoms with Gasteiger partial charge in [-0.05, 0) is 13.8 Å². The van der Waals surface area contributed by atoms with Crippen molar-refractivity contribution in [1.29, 1.82) is 0 Å². The number of hydrogen-bond acceptors (Lipinski definition) is 2. The summed E-state index contributed by atoms with van der Waals surface area (Å²) in [5.41, 5.74) is -0.503. The highest BCUT2D eigenvalue weighted by Gasteiger charge is 2.36. The van der Waals surface area contributed by atoms with Gasteiger partial charge in [0.1, 0.15) is 5.78 Å². The summed E-state index contributed by atoms with van der Waals surface area (Å²) in [6, 6.07) is 18.6. The molecule has 2 aromatic carbocycles. The van der Waals surface area contributed by atoms with Crippen molar-refractivity contribution in [3.63, 3.8) is 0 Å². The zero-order valence-electron chi connectivity index (χ0n) is 11.1. The van der Waals surface area contributed by atoms with Crippen molar-refractivity contribution in [3.8, 4) is 0 Å². The van der Waals surface area contributed by atoms with Gasteiger partial charge in [-0.25, -0.2) is 0 Å². The lowest BCUT2D eigenvalue weighted by atomic mass is 10.3. The predicted molar refractivity (Wildman–Crippen MR) is 79.9 cm³/mol. The number of hydrogen-bond donors (Lipinski definition) is 0. The topological polar surface area (TPSA) is 34.1 Å². The van der Waals surface area contributed by atoms with Gasteiger partial charge in [0, 0.05) is 10.6 Å². The molecule has 2 nitrogen and oxygen atoms in total. The van der Waals surface area contributed by atoms with Crippen LogP contribution in [-0.4, -0.2) is 11.4 Å². The Balaban J connectivity index is 2.65. The fraction of sp³-hybridized carbons (Fsp3) is 0.188. The maximum absolute atomic E-state index is 13.5. The van der Waals surface area contributed by atoms with Crippen LogP contribution in [0.3, 0.4) is 0 Å². The third-order valence-electron chi connectivity index (χ3n) is 3.41. The molecule has 1 atom stereocenters. The average molecular weight is 272 g/mol. The molecule has 0 aliphatic rings. The highest BCUT2D eigenvalue weighted by atomic mass is 31.2. The van der Waals surface area contributed by atoms with E-state index in [2.05, 4.69) is 0 Å². The number of Topliss-reactive ketones (excluding diaryl/α,β-unsaturated/α-hetero) is 1. The Hall–Kier alpha value is -1.66. The van der Waals surface area contributed by atoms with Crippen LogP contribution in [0.5, 0.6) is 0 Å². The molecule has 2 aromatic rings. The number of ketones is 1. The molecular weight excluding hydrogens is 255 g/mol. The molecular formula is C16H17O2P. The van der Waals surface area contributed by atoms with E-state index in [1.54, 1.807) is 6.92 Å². The molecule has 2 rings (SSSR count). The van der Waals surface area contributed by atoms with Crippen molar-refractivity contribution in [2.24, 2.45) is 0 Å². The molecule has 98 valence electrons. The maximum Gasteiger partial charge on any atom is 0.153 e. The lowest BCUT2D eigenvalue weighted by molar-refractivity contribution is -0.116. The molecule has 0 spiro atoms. The van der Waals surface area contributed by atoms with Gasteiger partial charge in [-0.15, -0.1) is 0 Å². The van der Waals surface area contributed by atoms with E-state index in [1.807, 2.05) is 60.7 Å². The maximum atomic E-state index is 13.5. The first kappa shape index (κ1) is 13.8. The number of benzene rings is 2. The summed E-state index contributed by atoms with van der Waals surface area (Å²) in [5.74, 6) is -0.0453. The normalized spacial score (nSPS) is 12.9. The second kappa shape index (κ2) is 5.54. The van der Waals surface area contributed by atoms with Gasteiger partial charge in [0.2, 0.25) is 0 Å². The van der Waals surface area contributed by atoms with E-state index in [0.717, 1.165) is 10.6 Å². The molecule has 0 bridgehead atoms. The Bertz CT molecular complexity index is 562. The second-order valence-electron chi connectivity index (χ2n) is 4.62. The van der Waals surface area contributed by atoms with E-state index in [-0.39, 0.29) is 5.78 Å². The third kappa shape index (κ3) is 2.54. The van der Waals surface area contributed by atoms with Crippen LogP contribution in [0, 0.1) is 0 Å². The Labute approximate surface area is 113 Å². The molecule has 3 heteroatoms. The summed E-state index contributed by atoms with van der Waals surface area (Å²) in [6.45, 7) is 3.26. The standard InChI is InChI=1S/C16H17O2P/c1-13(17)14(2)19(18,15-9-5-3-6-10-15)16-11-7-4-8-12-16/h3-12,14H,1-2H3. The molecule has 0 N–H and O–H groups in total. The Morgan fingerprint density at radius 3 is 1.58 bits per heavy atom. The van der Waals surface area contributed by atoms with Gasteiger partial charge in [0.05, 0.1) is 5.66 Å². The monoisotopic (exact) mass is 272 g/mol. The first-order valence-electron chi connectivity index (χ1n) is 6.28. The lowest BCUT2D eigenvalue weighted by Crippen LogP contribution is -2.28. The fourth-order valence-electron chi connectivity index (χ4n) is 2.15. The van der Waals surface area contributed by atoms with Crippen LogP contribution >= 0.6 is 7.14 Å². The zero-order valence-corrected chi connectivity index (χ0v) is 12.0. The van der Waals surface area contributed by atoms with E-state index in [4.69, 9.17) is 0 Å². The van der Waals surface area contributed by atoms with Crippen molar-refractivity contribution in [2.75, 3.05) is 0 Å². The summed E-state index contributed by atoms with van der Waals surface area (Å²) in [5, 5.41) is 1.48. The summed E-state index contributed by atoms with van der Waals surface area (Å²) in [7, 11) is -2.92. The minimum Gasteiger partial charge on any atom is -0.313 e. The summed E-state index contributed by atoms with van der Waals surface area (Å²) in [4.78, 5) is 11.8. The fourth-order valence-corrected chi connectivity index (χ4v) is 5.09. The smallest absolute Gasteiger partial charge is 0.153 e. The van der Waals surface area contributed by atoms with Crippen LogP contribution in [0.2, 0.25) is 0 Å². The molecule has 0 saturated carbocycles. The SMILES string of the molecule is CC(=O)C(C)P(=O)(c1ccccc1)c1ccccc1. The number of rotatable bonds is 4. The number of carbonyl (C=O) groups excluding carboxylic acids is 1. The molecule has 0 saturated heterocycles. The molecule has 19 heavy (non-hydrogen) atoms. The van der Waals surface area contributed by atoms with Crippen LogP contribution in [0.15, 0.2) is 60.7 Å². The second-order valence-corrected chi connectivity index (χ2v) is 7.74. The minimum atomic E-state index is -2.92. The highest BCUT2D eigenvalue weighted by Crippen LogP contribution is 2.48. The third-order valence-corrected chi connectivity index (χ3v) is 7.00. The van der Waals surface area contributed by atoms with Gasteiger partial charge in [-0.2, -0.15) is 0 Å². The summed E-state index contributed by atoms with van der Waals surface area (Å²) in [6.07, 6.45) is 0. The largest absolute Gasteiger partial charge is 0.313 e. The molecule has 0 aliphatic heterocycles. The van der Waals surface area contributed by atoms with E-state index in [1.165, 1.54) is 6.92 Å². The van der Waals surface area contributed by atoms with Gasteiger partial charge in [0.25, 0.3) is 0 Å². The van der Waals surface area contributed by atoms with Crippen LogP contribution in [0.25, 0.3) is 0 Å². The minimum absolute atomic E-state index is 0.0453. The van der Waals surface area contributed by atoms with E-state index < -0.39 is 12.8 Å². The van der Waals surface area contributed by atoms with Crippen LogP contribution in [-0.2, 0) is 9.36 Å². The van der Waals surface area contributed by atoms with Gasteiger partial charge < -0.3 is 4.57 Å². The molecule has 0 fully saturated rings. The molecule has 1 unspecified atom stereocenters. The van der Waals surface area contributed by atoms with Gasteiger partial charge >= 0.3 is 0 Å². The molecule has 0 heterocycles. The van der Waals surface area contributed by atoms with Gasteiger partial charge in [-0.1, -0.05) is 60.7 Å². The predicted octanol–water partition coefficient (Wildman–Crippen LogP) is 2.98. The quantitative estimate of drug-likeness (QED) is 0.802. The van der Waals surface area contributed by atoms with Crippen molar-refractivity contribution >= 4 is 23.5 Å².